The molecule has 0 aliphatic carbocycles. The molecule has 4 heterocycles. The monoisotopic (exact) mass is 581 g/mol. The van der Waals surface area contributed by atoms with Crippen LogP contribution in [0.25, 0.3) is 0 Å². The van der Waals surface area contributed by atoms with Crippen molar-refractivity contribution in [1.82, 2.24) is 19.9 Å². The van der Waals surface area contributed by atoms with Crippen LogP contribution in [0.1, 0.15) is 18.4 Å². The van der Waals surface area contributed by atoms with Gasteiger partial charge in [0.2, 0.25) is 5.91 Å². The first-order valence-electron chi connectivity index (χ1n) is 11.6. The van der Waals surface area contributed by atoms with Crippen molar-refractivity contribution in [2.45, 2.75) is 37.8 Å². The summed E-state index contributed by atoms with van der Waals surface area (Å²) in [7, 11) is 0. The number of alkyl halides is 6. The van der Waals surface area contributed by atoms with Crippen molar-refractivity contribution in [1.29, 1.82) is 0 Å². The number of anilines is 1. The van der Waals surface area contributed by atoms with Crippen LogP contribution in [-0.2, 0) is 25.7 Å². The van der Waals surface area contributed by atoms with Gasteiger partial charge in [0.05, 0.1) is 12.3 Å². The summed E-state index contributed by atoms with van der Waals surface area (Å²) < 4.78 is 69.4. The van der Waals surface area contributed by atoms with E-state index in [1.54, 1.807) is 18.6 Å². The summed E-state index contributed by atoms with van der Waals surface area (Å²) in [6.07, 6.45) is 0.103. The highest BCUT2D eigenvalue weighted by atomic mass is 19.4. The molecule has 3 atom stereocenters. The molecule has 0 saturated carbocycles. The third-order valence-corrected chi connectivity index (χ3v) is 5.75. The van der Waals surface area contributed by atoms with Gasteiger partial charge in [-0.3, -0.25) is 19.7 Å². The normalized spacial score (nSPS) is 20.9. The fourth-order valence-electron chi connectivity index (χ4n) is 3.98. The third-order valence-electron chi connectivity index (χ3n) is 5.75. The number of piperidine rings is 1. The number of likely N-dealkylation sites (tertiary alicyclic amines) is 1. The lowest BCUT2D eigenvalue weighted by Gasteiger charge is -2.44. The summed E-state index contributed by atoms with van der Waals surface area (Å²) in [5.41, 5.74) is 1.25. The molecule has 3 N–H and O–H groups in total. The number of carboxylic acid groups (broad SMARTS) is 2. The van der Waals surface area contributed by atoms with Crippen LogP contribution in [0.2, 0.25) is 0 Å². The number of aliphatic carboxylic acids is 2. The zero-order chi connectivity index (χ0) is 29.9. The van der Waals surface area contributed by atoms with E-state index >= 15 is 0 Å². The van der Waals surface area contributed by atoms with Crippen molar-refractivity contribution < 1.29 is 55.7 Å². The topological polar surface area (TPSA) is 155 Å². The predicted octanol–water partition coefficient (Wildman–Crippen LogP) is 3.00. The summed E-state index contributed by atoms with van der Waals surface area (Å²) >= 11 is 0. The number of aromatic nitrogens is 3. The summed E-state index contributed by atoms with van der Waals surface area (Å²) in [5.74, 6) is -4.84. The summed E-state index contributed by atoms with van der Waals surface area (Å²) in [6.45, 7) is 3.38. The summed E-state index contributed by atoms with van der Waals surface area (Å²) in [6, 6.07) is 4.09. The highest BCUT2D eigenvalue weighted by molar-refractivity contribution is 5.91. The molecule has 0 spiro atoms. The van der Waals surface area contributed by atoms with Gasteiger partial charge >= 0.3 is 24.3 Å². The Labute approximate surface area is 223 Å². The van der Waals surface area contributed by atoms with Crippen molar-refractivity contribution in [2.75, 3.05) is 25.0 Å². The van der Waals surface area contributed by atoms with Crippen LogP contribution in [0.5, 0.6) is 0 Å². The molecule has 2 fully saturated rings. The van der Waals surface area contributed by atoms with E-state index in [1.807, 2.05) is 24.5 Å². The van der Waals surface area contributed by atoms with Crippen LogP contribution in [-0.4, -0.2) is 86.1 Å². The Morgan fingerprint density at radius 1 is 0.950 bits per heavy atom. The molecule has 2 aromatic heterocycles. The summed E-state index contributed by atoms with van der Waals surface area (Å²) in [5, 5.41) is 17.2. The van der Waals surface area contributed by atoms with E-state index in [9.17, 15) is 31.1 Å². The Morgan fingerprint density at radius 2 is 1.55 bits per heavy atom. The van der Waals surface area contributed by atoms with Crippen molar-refractivity contribution in [3.63, 3.8) is 0 Å². The Bertz CT molecular complexity index is 1080. The molecule has 17 heteroatoms. The number of hydrogen-bond donors (Lipinski definition) is 3. The zero-order valence-corrected chi connectivity index (χ0v) is 20.6. The van der Waals surface area contributed by atoms with Gasteiger partial charge in [-0.1, -0.05) is 0 Å². The smallest absolute Gasteiger partial charge is 0.475 e. The molecule has 0 unspecified atom stereocenters. The molecule has 0 radical (unpaired) electrons. The minimum Gasteiger partial charge on any atom is -0.475 e. The van der Waals surface area contributed by atoms with Crippen LogP contribution in [0.15, 0.2) is 43.1 Å². The van der Waals surface area contributed by atoms with Crippen LogP contribution in [0.4, 0.5) is 32.2 Å². The molecule has 2 saturated heterocycles. The zero-order valence-electron chi connectivity index (χ0n) is 20.6. The lowest BCUT2D eigenvalue weighted by molar-refractivity contribution is -0.193. The number of halogens is 6. The van der Waals surface area contributed by atoms with Gasteiger partial charge in [-0.2, -0.15) is 26.3 Å². The number of hydrogen-bond acceptors (Lipinski definition) is 8. The fourth-order valence-corrected chi connectivity index (χ4v) is 3.98. The second kappa shape index (κ2) is 14.5. The fraction of sp³-hybridized carbons (Fsp3) is 0.478. The predicted molar refractivity (Wildman–Crippen MR) is 124 cm³/mol. The van der Waals surface area contributed by atoms with E-state index in [4.69, 9.17) is 24.5 Å². The number of nitrogens with zero attached hydrogens (tertiary/aromatic N) is 4. The molecule has 40 heavy (non-hydrogen) atoms. The molecule has 1 amide bonds. The minimum atomic E-state index is -5.08. The average Bonchev–Trinajstić information content (AvgIpc) is 2.89. The molecule has 2 aromatic rings. The maximum atomic E-state index is 12.8. The molecule has 0 aromatic carbocycles. The average molecular weight is 581 g/mol. The third kappa shape index (κ3) is 10.7. The highest BCUT2D eigenvalue weighted by Gasteiger charge is 2.42. The first-order chi connectivity index (χ1) is 18.7. The molecule has 2 aliphatic heterocycles. The van der Waals surface area contributed by atoms with Gasteiger partial charge in [-0.15, -0.1) is 0 Å². The van der Waals surface area contributed by atoms with E-state index in [2.05, 4.69) is 25.2 Å². The van der Waals surface area contributed by atoms with Crippen LogP contribution >= 0.6 is 0 Å². The van der Waals surface area contributed by atoms with Crippen molar-refractivity contribution in [3.8, 4) is 0 Å². The van der Waals surface area contributed by atoms with Gasteiger partial charge in [-0.05, 0) is 30.5 Å². The largest absolute Gasteiger partial charge is 0.490 e. The number of rotatable bonds is 4. The molecular formula is C23H25F6N5O6. The number of amides is 1. The van der Waals surface area contributed by atoms with E-state index in [0.717, 1.165) is 32.5 Å². The van der Waals surface area contributed by atoms with Crippen molar-refractivity contribution in [3.05, 3.63) is 48.7 Å². The number of carbonyl (C=O) groups is 3. The van der Waals surface area contributed by atoms with Gasteiger partial charge < -0.3 is 20.3 Å². The van der Waals surface area contributed by atoms with Crippen molar-refractivity contribution >= 4 is 23.7 Å². The van der Waals surface area contributed by atoms with Gasteiger partial charge in [0, 0.05) is 62.9 Å². The molecule has 11 nitrogen and oxygen atoms in total. The molecule has 4 rings (SSSR count). The Hall–Kier alpha value is -3.86. The first kappa shape index (κ1) is 32.4. The van der Waals surface area contributed by atoms with Gasteiger partial charge in [0.15, 0.2) is 5.82 Å². The number of pyridine rings is 1. The Morgan fingerprint density at radius 3 is 2.08 bits per heavy atom. The van der Waals surface area contributed by atoms with Crippen LogP contribution < -0.4 is 5.32 Å². The Kier molecular flexibility index (Phi) is 11.7. The number of ether oxygens (including phenoxy) is 1. The van der Waals surface area contributed by atoms with Crippen LogP contribution in [0.3, 0.4) is 0 Å². The second-order valence-corrected chi connectivity index (χ2v) is 8.53. The number of carbonyl (C=O) groups excluding carboxylic acids is 1. The van der Waals surface area contributed by atoms with Gasteiger partial charge in [-0.25, -0.2) is 14.6 Å². The minimum absolute atomic E-state index is 0.0227. The van der Waals surface area contributed by atoms with E-state index in [-0.39, 0.29) is 23.8 Å². The van der Waals surface area contributed by atoms with E-state index in [1.165, 1.54) is 5.56 Å². The van der Waals surface area contributed by atoms with E-state index < -0.39 is 24.3 Å². The van der Waals surface area contributed by atoms with Gasteiger partial charge in [0.25, 0.3) is 0 Å². The maximum Gasteiger partial charge on any atom is 0.490 e. The quantitative estimate of drug-likeness (QED) is 0.459. The second-order valence-electron chi connectivity index (χ2n) is 8.53. The number of carboxylic acids is 2. The van der Waals surface area contributed by atoms with Crippen LogP contribution in [0, 0.1) is 11.8 Å². The lowest BCUT2D eigenvalue weighted by Crippen LogP contribution is -2.52. The molecule has 0 bridgehead atoms. The highest BCUT2D eigenvalue weighted by Crippen LogP contribution is 2.34. The molecule has 2 aliphatic rings. The van der Waals surface area contributed by atoms with Crippen molar-refractivity contribution in [2.24, 2.45) is 11.8 Å². The maximum absolute atomic E-state index is 12.8. The SMILES string of the molecule is O=C(Nc1cnccn1)[C@@H]1CCO[C@@H]2CCN(Cc3ccncc3)C[C@@H]21.O=C(O)C(F)(F)F.O=C(O)C(F)(F)F. The number of nitrogens with one attached hydrogen (secondary N) is 1. The standard InChI is InChI=1S/C19H23N5O2.2C2HF3O2/c25-19(23-18-11-21-7-8-22-18)15-4-10-26-17-3-9-24(13-16(15)17)12-14-1-5-20-6-2-14;2*3-2(4,5)1(6)7/h1-2,5-8,11,15-17H,3-4,9-10,12-13H2,(H,22,23,25);2*(H,6,7)/t15-,16-,17-;;/m1../s1. The molecular weight excluding hydrogens is 556 g/mol. The number of fused-ring (bicyclic) bond motifs is 1. The summed E-state index contributed by atoms with van der Waals surface area (Å²) in [4.78, 5) is 45.3. The lowest BCUT2D eigenvalue weighted by atomic mass is 9.79. The molecule has 220 valence electrons. The van der Waals surface area contributed by atoms with E-state index in [0.29, 0.717) is 12.4 Å². The van der Waals surface area contributed by atoms with Gasteiger partial charge in [0.1, 0.15) is 0 Å². The Balaban J connectivity index is 0.000000333. The first-order valence-corrected chi connectivity index (χ1v) is 11.6.